The van der Waals surface area contributed by atoms with Crippen molar-refractivity contribution >= 4 is 5.97 Å². The van der Waals surface area contributed by atoms with Crippen LogP contribution in [-0.4, -0.2) is 12.1 Å². The maximum Gasteiger partial charge on any atom is 0.309 e. The molecule has 0 aliphatic heterocycles. The van der Waals surface area contributed by atoms with E-state index in [1.807, 2.05) is 0 Å². The largest absolute Gasteiger partial charge is 0.462 e. The molecule has 0 bridgehead atoms. The molecule has 0 N–H and O–H groups in total. The van der Waals surface area contributed by atoms with E-state index in [4.69, 9.17) is 10.00 Å². The van der Waals surface area contributed by atoms with E-state index in [2.05, 4.69) is 19.9 Å². The van der Waals surface area contributed by atoms with E-state index in [1.54, 1.807) is 0 Å². The lowest BCUT2D eigenvalue weighted by Crippen LogP contribution is -2.26. The lowest BCUT2D eigenvalue weighted by Gasteiger charge is -2.32. The highest BCUT2D eigenvalue weighted by Crippen LogP contribution is 2.37. The minimum absolute atomic E-state index is 0.0453. The predicted molar refractivity (Wildman–Crippen MR) is 96.2 cm³/mol. The van der Waals surface area contributed by atoms with E-state index in [0.717, 1.165) is 50.4 Å². The first kappa shape index (κ1) is 19.3. The van der Waals surface area contributed by atoms with Gasteiger partial charge in [-0.15, -0.1) is 0 Å². The van der Waals surface area contributed by atoms with E-state index < -0.39 is 0 Å². The third-order valence-corrected chi connectivity index (χ3v) is 6.35. The van der Waals surface area contributed by atoms with Crippen molar-refractivity contribution in [1.29, 1.82) is 5.26 Å². The molecule has 0 aromatic carbocycles. The molecule has 2 atom stereocenters. The number of carbonyl (C=O) groups excluding carboxylic acids is 1. The van der Waals surface area contributed by atoms with Crippen LogP contribution in [0.5, 0.6) is 0 Å². The van der Waals surface area contributed by atoms with Crippen molar-refractivity contribution in [3.05, 3.63) is 0 Å². The third-order valence-electron chi connectivity index (χ3n) is 6.35. The van der Waals surface area contributed by atoms with Gasteiger partial charge in [0, 0.05) is 5.92 Å². The molecule has 24 heavy (non-hydrogen) atoms. The summed E-state index contributed by atoms with van der Waals surface area (Å²) in [6.45, 7) is 4.33. The van der Waals surface area contributed by atoms with Gasteiger partial charge in [-0.2, -0.15) is 5.26 Å². The fraction of sp³-hybridized carbons (Fsp3) is 0.905. The van der Waals surface area contributed by atoms with Crippen molar-refractivity contribution in [2.45, 2.75) is 97.0 Å². The van der Waals surface area contributed by atoms with Crippen LogP contribution in [0, 0.1) is 35.0 Å². The van der Waals surface area contributed by atoms with E-state index in [0.29, 0.717) is 0 Å². The Kier molecular flexibility index (Phi) is 8.09. The highest BCUT2D eigenvalue weighted by molar-refractivity contribution is 5.72. The minimum Gasteiger partial charge on any atom is -0.462 e. The normalized spacial score (nSPS) is 27.9. The van der Waals surface area contributed by atoms with Gasteiger partial charge in [0.15, 0.2) is 0 Å². The number of esters is 1. The van der Waals surface area contributed by atoms with Crippen LogP contribution in [0.3, 0.4) is 0 Å². The number of hydrogen-bond acceptors (Lipinski definition) is 3. The van der Waals surface area contributed by atoms with E-state index in [1.165, 1.54) is 38.5 Å². The summed E-state index contributed by atoms with van der Waals surface area (Å²) in [5.41, 5.74) is 0. The summed E-state index contributed by atoms with van der Waals surface area (Å²) in [7, 11) is 0. The van der Waals surface area contributed by atoms with Crippen molar-refractivity contribution in [1.82, 2.24) is 0 Å². The van der Waals surface area contributed by atoms with Gasteiger partial charge in [-0.3, -0.25) is 4.79 Å². The molecule has 0 aromatic rings. The summed E-state index contributed by atoms with van der Waals surface area (Å²) in [4.78, 5) is 12.2. The Bertz CT molecular complexity index is 414. The smallest absolute Gasteiger partial charge is 0.309 e. The lowest BCUT2D eigenvalue weighted by molar-refractivity contribution is -0.154. The van der Waals surface area contributed by atoms with E-state index >= 15 is 0 Å². The summed E-state index contributed by atoms with van der Waals surface area (Å²) in [6.07, 6.45) is 13.6. The molecule has 0 aromatic heterocycles. The molecule has 136 valence electrons. The van der Waals surface area contributed by atoms with Crippen molar-refractivity contribution in [2.24, 2.45) is 23.7 Å². The number of nitriles is 1. The first-order chi connectivity index (χ1) is 11.6. The Labute approximate surface area is 148 Å². The molecule has 2 rings (SSSR count). The van der Waals surface area contributed by atoms with Crippen LogP contribution in [0.4, 0.5) is 0 Å². The predicted octanol–water partition coefficient (Wildman–Crippen LogP) is 5.63. The molecule has 0 saturated heterocycles. The monoisotopic (exact) mass is 333 g/mol. The molecule has 0 amide bonds. The minimum atomic E-state index is 0.0453. The van der Waals surface area contributed by atoms with Crippen LogP contribution in [0.25, 0.3) is 0 Å². The van der Waals surface area contributed by atoms with E-state index in [-0.39, 0.29) is 23.9 Å². The number of nitrogens with zero attached hydrogens (tertiary/aromatic N) is 1. The van der Waals surface area contributed by atoms with Gasteiger partial charge in [-0.05, 0) is 70.1 Å². The number of rotatable bonds is 7. The van der Waals surface area contributed by atoms with Crippen LogP contribution in [0.1, 0.15) is 90.9 Å². The van der Waals surface area contributed by atoms with Gasteiger partial charge in [0.2, 0.25) is 0 Å². The highest BCUT2D eigenvalue weighted by atomic mass is 16.5. The molecule has 0 heterocycles. The van der Waals surface area contributed by atoms with Crippen molar-refractivity contribution in [3.8, 4) is 6.07 Å². The lowest BCUT2D eigenvalue weighted by atomic mass is 9.73. The molecule has 0 spiro atoms. The summed E-state index contributed by atoms with van der Waals surface area (Å²) in [6, 6.07) is 2.43. The Morgan fingerprint density at radius 1 is 1.08 bits per heavy atom. The van der Waals surface area contributed by atoms with Crippen molar-refractivity contribution in [2.75, 3.05) is 0 Å². The summed E-state index contributed by atoms with van der Waals surface area (Å²) >= 11 is 0. The molecule has 3 heteroatoms. The Morgan fingerprint density at radius 2 is 1.75 bits per heavy atom. The summed E-state index contributed by atoms with van der Waals surface area (Å²) in [5, 5.41) is 9.04. The van der Waals surface area contributed by atoms with Gasteiger partial charge in [-0.1, -0.05) is 32.6 Å². The van der Waals surface area contributed by atoms with Crippen LogP contribution in [0.2, 0.25) is 0 Å². The average molecular weight is 334 g/mol. The SMILES string of the molecule is CCC(CCC(C)OC(=O)C1CCCCC1)C1CCC(C#N)CC1. The van der Waals surface area contributed by atoms with Crippen molar-refractivity contribution in [3.63, 3.8) is 0 Å². The average Bonchev–Trinajstić information content (AvgIpc) is 2.63. The Balaban J connectivity index is 1.70. The molecule has 2 aliphatic carbocycles. The maximum atomic E-state index is 12.2. The summed E-state index contributed by atoms with van der Waals surface area (Å²) < 4.78 is 5.72. The zero-order valence-electron chi connectivity index (χ0n) is 15.6. The van der Waals surface area contributed by atoms with Gasteiger partial charge < -0.3 is 4.74 Å². The third kappa shape index (κ3) is 5.80. The van der Waals surface area contributed by atoms with Gasteiger partial charge >= 0.3 is 5.97 Å². The standard InChI is InChI=1S/C21H35NO2/c1-3-18(19-13-10-17(15-22)11-14-19)12-9-16(2)24-21(23)20-7-5-4-6-8-20/h16-20H,3-14H2,1-2H3. The maximum absolute atomic E-state index is 12.2. The number of ether oxygens (including phenoxy) is 1. The quantitative estimate of drug-likeness (QED) is 0.567. The van der Waals surface area contributed by atoms with Crippen molar-refractivity contribution < 1.29 is 9.53 Å². The topological polar surface area (TPSA) is 50.1 Å². The van der Waals surface area contributed by atoms with Gasteiger partial charge in [-0.25, -0.2) is 0 Å². The zero-order valence-corrected chi connectivity index (χ0v) is 15.6. The molecular weight excluding hydrogens is 298 g/mol. The van der Waals surface area contributed by atoms with Gasteiger partial charge in [0.05, 0.1) is 18.1 Å². The van der Waals surface area contributed by atoms with Gasteiger partial charge in [0.1, 0.15) is 0 Å². The zero-order chi connectivity index (χ0) is 17.4. The second-order valence-electron chi connectivity index (χ2n) is 8.07. The fourth-order valence-electron chi connectivity index (χ4n) is 4.63. The summed E-state index contributed by atoms with van der Waals surface area (Å²) in [5.74, 6) is 1.98. The molecule has 2 aliphatic rings. The first-order valence-electron chi connectivity index (χ1n) is 10.2. The van der Waals surface area contributed by atoms with Crippen LogP contribution in [-0.2, 0) is 9.53 Å². The molecule has 0 radical (unpaired) electrons. The highest BCUT2D eigenvalue weighted by Gasteiger charge is 2.28. The Morgan fingerprint density at radius 3 is 2.33 bits per heavy atom. The fourth-order valence-corrected chi connectivity index (χ4v) is 4.63. The molecule has 2 fully saturated rings. The molecule has 3 nitrogen and oxygen atoms in total. The second-order valence-corrected chi connectivity index (χ2v) is 8.07. The molecular formula is C21H35NO2. The van der Waals surface area contributed by atoms with Gasteiger partial charge in [0.25, 0.3) is 0 Å². The van der Waals surface area contributed by atoms with Crippen LogP contribution >= 0.6 is 0 Å². The second kappa shape index (κ2) is 10.1. The van der Waals surface area contributed by atoms with E-state index in [9.17, 15) is 4.79 Å². The number of carbonyl (C=O) groups is 1. The molecule has 2 saturated carbocycles. The Hall–Kier alpha value is -1.04. The first-order valence-corrected chi connectivity index (χ1v) is 10.2. The van der Waals surface area contributed by atoms with Crippen LogP contribution < -0.4 is 0 Å². The number of hydrogen-bond donors (Lipinski definition) is 0. The molecule has 2 unspecified atom stereocenters. The van der Waals surface area contributed by atoms with Crippen LogP contribution in [0.15, 0.2) is 0 Å².